The van der Waals surface area contributed by atoms with Crippen LogP contribution < -0.4 is 40.0 Å². The van der Waals surface area contributed by atoms with Crippen molar-refractivity contribution < 1.29 is 70.6 Å². The van der Waals surface area contributed by atoms with E-state index in [9.17, 15) is 41.1 Å². The van der Waals surface area contributed by atoms with E-state index in [1.54, 1.807) is 7.05 Å². The number of carboxylic acids is 1. The summed E-state index contributed by atoms with van der Waals surface area (Å²) in [5.41, 5.74) is -0.0262. The second-order valence-electron chi connectivity index (χ2n) is 6.72. The molecule has 33 heavy (non-hydrogen) atoms. The number of amides is 2. The first kappa shape index (κ1) is 27.9. The Kier molecular flexibility index (Phi) is 8.89. The number of β-lactam (4-membered cyclic amide) rings is 1. The summed E-state index contributed by atoms with van der Waals surface area (Å²) in [4.78, 5) is 37.0. The molecule has 2 aliphatic heterocycles. The molecular formula is C14H14F3N6NaO6S3. The van der Waals surface area contributed by atoms with Gasteiger partial charge in [0.2, 0.25) is 11.1 Å². The number of carbonyl (C=O) groups excluding carboxylic acids is 3. The maximum atomic E-state index is 12.5. The maximum absolute atomic E-state index is 12.5. The van der Waals surface area contributed by atoms with Crippen LogP contribution in [0.15, 0.2) is 16.4 Å². The number of aromatic nitrogens is 4. The van der Waals surface area contributed by atoms with Crippen LogP contribution in [0.3, 0.4) is 0 Å². The Balaban J connectivity index is 0.00000385. The van der Waals surface area contributed by atoms with E-state index in [1.165, 1.54) is 4.68 Å². The van der Waals surface area contributed by atoms with Crippen LogP contribution in [0.1, 0.15) is 0 Å². The van der Waals surface area contributed by atoms with E-state index in [4.69, 9.17) is 0 Å². The van der Waals surface area contributed by atoms with Gasteiger partial charge < -0.3 is 15.2 Å². The Morgan fingerprint density at radius 3 is 2.58 bits per heavy atom. The molecule has 1 fully saturated rings. The molecule has 2 amide bonds. The van der Waals surface area contributed by atoms with Crippen molar-refractivity contribution in [1.29, 1.82) is 0 Å². The summed E-state index contributed by atoms with van der Waals surface area (Å²) in [5, 5.41) is 24.1. The van der Waals surface area contributed by atoms with Crippen molar-refractivity contribution in [3.63, 3.8) is 0 Å². The Morgan fingerprint density at radius 2 is 2.03 bits per heavy atom. The van der Waals surface area contributed by atoms with Crippen LogP contribution in [-0.4, -0.2) is 91.9 Å². The number of aliphatic carboxylic acids is 1. The topological polar surface area (TPSA) is 167 Å². The number of alkyl halides is 3. The van der Waals surface area contributed by atoms with E-state index in [0.717, 1.165) is 28.4 Å². The number of carbonyl (C=O) groups is 3. The molecular weight excluding hydrogens is 524 g/mol. The van der Waals surface area contributed by atoms with Gasteiger partial charge in [0.05, 0.1) is 11.7 Å². The smallest absolute Gasteiger partial charge is 0.543 e. The van der Waals surface area contributed by atoms with E-state index < -0.39 is 56.7 Å². The third-order valence-electron chi connectivity index (χ3n) is 4.25. The summed E-state index contributed by atoms with van der Waals surface area (Å²) in [6.45, 7) is 0. The largest absolute Gasteiger partial charge is 1.00 e. The molecule has 1 unspecified atom stereocenters. The summed E-state index contributed by atoms with van der Waals surface area (Å²) in [5.74, 6) is -7.09. The summed E-state index contributed by atoms with van der Waals surface area (Å²) in [6.07, 6.45) is -5.01. The maximum Gasteiger partial charge on any atom is 1.00 e. The fraction of sp³-hybridized carbons (Fsp3) is 0.571. The number of rotatable bonds is 8. The van der Waals surface area contributed by atoms with E-state index in [0.29, 0.717) is 10.7 Å². The quantitative estimate of drug-likeness (QED) is 0.191. The van der Waals surface area contributed by atoms with Gasteiger partial charge in [0.25, 0.3) is 5.91 Å². The molecule has 1 saturated heterocycles. The molecule has 12 nitrogen and oxygen atoms in total. The minimum atomic E-state index is -5.01. The Hall–Kier alpha value is -1.34. The van der Waals surface area contributed by atoms with Crippen LogP contribution in [0.2, 0.25) is 0 Å². The number of tetrazole rings is 1. The van der Waals surface area contributed by atoms with Gasteiger partial charge in [-0.25, -0.2) is 13.1 Å². The number of fused-ring (bicyclic) bond motifs is 1. The van der Waals surface area contributed by atoms with Gasteiger partial charge in [-0.1, -0.05) is 11.8 Å². The van der Waals surface area contributed by atoms with Crippen molar-refractivity contribution >= 4 is 51.1 Å². The van der Waals surface area contributed by atoms with Gasteiger partial charge in [0.1, 0.15) is 22.9 Å². The normalized spacial score (nSPS) is 20.6. The molecule has 0 aromatic carbocycles. The van der Waals surface area contributed by atoms with Crippen LogP contribution in [0.25, 0.3) is 0 Å². The molecule has 0 saturated carbocycles. The number of nitrogens with zero attached hydrogens (tertiary/aromatic N) is 5. The van der Waals surface area contributed by atoms with Crippen molar-refractivity contribution in [2.45, 2.75) is 22.7 Å². The van der Waals surface area contributed by atoms with Gasteiger partial charge in [-0.2, -0.15) is 13.2 Å². The monoisotopic (exact) mass is 538 g/mol. The average Bonchev–Trinajstić information content (AvgIpc) is 3.05. The van der Waals surface area contributed by atoms with E-state index >= 15 is 0 Å². The molecule has 0 spiro atoms. The number of thioether (sulfide) groups is 2. The fourth-order valence-electron chi connectivity index (χ4n) is 2.99. The summed E-state index contributed by atoms with van der Waals surface area (Å²) >= 11 is 2.24. The fourth-order valence-corrected chi connectivity index (χ4v) is 6.41. The molecule has 176 valence electrons. The zero-order chi connectivity index (χ0) is 23.8. The van der Waals surface area contributed by atoms with Gasteiger partial charge >= 0.3 is 35.7 Å². The molecule has 19 heteroatoms. The van der Waals surface area contributed by atoms with Gasteiger partial charge in [0.15, 0.2) is 9.84 Å². The molecule has 0 aliphatic carbocycles. The third kappa shape index (κ3) is 6.62. The first-order valence-corrected chi connectivity index (χ1v) is 12.4. The zero-order valence-electron chi connectivity index (χ0n) is 17.0. The van der Waals surface area contributed by atoms with Crippen LogP contribution in [-0.2, 0) is 31.3 Å². The predicted octanol–water partition coefficient (Wildman–Crippen LogP) is -5.31. The van der Waals surface area contributed by atoms with Gasteiger partial charge in [-0.05, 0) is 16.0 Å². The van der Waals surface area contributed by atoms with E-state index in [1.807, 2.05) is 0 Å². The summed E-state index contributed by atoms with van der Waals surface area (Å²) < 4.78 is 61.3. The minimum Gasteiger partial charge on any atom is -0.543 e. The molecule has 2 aliphatic rings. The van der Waals surface area contributed by atoms with Gasteiger partial charge in [0, 0.05) is 18.6 Å². The van der Waals surface area contributed by atoms with Crippen LogP contribution in [0.4, 0.5) is 13.2 Å². The van der Waals surface area contributed by atoms with E-state index in [-0.39, 0.29) is 46.8 Å². The number of hydrogen-bond acceptors (Lipinski definition) is 11. The first-order chi connectivity index (χ1) is 14.8. The van der Waals surface area contributed by atoms with Crippen LogP contribution in [0.5, 0.6) is 0 Å². The zero-order valence-corrected chi connectivity index (χ0v) is 21.5. The Bertz CT molecular complexity index is 1090. The number of halogens is 3. The van der Waals surface area contributed by atoms with Crippen molar-refractivity contribution in [1.82, 2.24) is 30.4 Å². The first-order valence-electron chi connectivity index (χ1n) is 8.59. The second-order valence-corrected chi connectivity index (χ2v) is 10.8. The van der Waals surface area contributed by atoms with Crippen LogP contribution >= 0.6 is 23.5 Å². The average molecular weight is 538 g/mol. The molecule has 0 radical (unpaired) electrons. The Labute approximate surface area is 215 Å². The van der Waals surface area contributed by atoms with Gasteiger partial charge in [-0.3, -0.25) is 14.5 Å². The molecule has 0 bridgehead atoms. The van der Waals surface area contributed by atoms with Crippen molar-refractivity contribution in [3.8, 4) is 0 Å². The standard InChI is InChI=1S/C14H15F3N6O6S3.Na/c1-22-13(19-20-21-22)31-3-6-2-30-11-8(10(25)23(11)9(6)12(26)27)18-7(24)4-32(28,29)5-14(15,16)17;/h8,11H,2-5H2,1H3,(H,18,24)(H,26,27);/q;+1/p-1/t8?,11-;/m1./s1. The van der Waals surface area contributed by atoms with Crippen LogP contribution in [0, 0.1) is 0 Å². The minimum absolute atomic E-state index is 0. The summed E-state index contributed by atoms with van der Waals surface area (Å²) in [7, 11) is -3.20. The van der Waals surface area contributed by atoms with E-state index in [2.05, 4.69) is 20.8 Å². The third-order valence-corrected chi connectivity index (χ3v) is 8.15. The number of nitrogens with one attached hydrogen (secondary N) is 1. The molecule has 1 aromatic rings. The van der Waals surface area contributed by atoms with Gasteiger partial charge in [-0.15, -0.1) is 16.9 Å². The predicted molar refractivity (Wildman–Crippen MR) is 101 cm³/mol. The summed E-state index contributed by atoms with van der Waals surface area (Å²) in [6, 6.07) is -1.28. The number of carboxylic acid groups (broad SMARTS) is 1. The number of aryl methyl sites for hydroxylation is 1. The molecule has 1 N–H and O–H groups in total. The number of sulfone groups is 1. The molecule has 3 heterocycles. The molecule has 2 atom stereocenters. The SMILES string of the molecule is Cn1nnnc1SCC1=C(C(=O)[O-])N2C(=O)C(NC(=O)CS(=O)(=O)CC(F)(F)F)[C@H]2SC1.[Na+]. The second kappa shape index (κ2) is 10.5. The molecule has 1 aromatic heterocycles. The van der Waals surface area contributed by atoms with Crippen molar-refractivity contribution in [3.05, 3.63) is 11.3 Å². The van der Waals surface area contributed by atoms with Crippen molar-refractivity contribution in [2.75, 3.05) is 23.0 Å². The molecule has 3 rings (SSSR count). The Morgan fingerprint density at radius 1 is 1.36 bits per heavy atom. The van der Waals surface area contributed by atoms with Crippen molar-refractivity contribution in [2.24, 2.45) is 7.05 Å². The number of hydrogen-bond donors (Lipinski definition) is 1.